The molecule has 0 aliphatic carbocycles. The number of hydrogen-bond donors (Lipinski definition) is 1. The van der Waals surface area contributed by atoms with E-state index >= 15 is 0 Å². The quantitative estimate of drug-likeness (QED) is 0.861. The lowest BCUT2D eigenvalue weighted by atomic mass is 10.0. The van der Waals surface area contributed by atoms with E-state index in [2.05, 4.69) is 14.1 Å². The fourth-order valence-electron chi connectivity index (χ4n) is 2.10. The van der Waals surface area contributed by atoms with Crippen molar-refractivity contribution < 1.29 is 9.64 Å². The first kappa shape index (κ1) is 16.3. The van der Waals surface area contributed by atoms with Crippen LogP contribution in [0.2, 0.25) is 10.0 Å². The normalized spacial score (nSPS) is 12.6. The smallest absolute Gasteiger partial charge is 0.109 e. The maximum absolute atomic E-state index is 6.33. The molecule has 0 aliphatic heterocycles. The zero-order valence-corrected chi connectivity index (χ0v) is 13.8. The highest BCUT2D eigenvalue weighted by Gasteiger charge is 2.18. The molecule has 112 valence electrons. The van der Waals surface area contributed by atoms with Crippen molar-refractivity contribution in [3.05, 3.63) is 69.7 Å². The van der Waals surface area contributed by atoms with Crippen molar-refractivity contribution in [1.29, 1.82) is 0 Å². The van der Waals surface area contributed by atoms with E-state index in [0.29, 0.717) is 16.7 Å². The minimum absolute atomic E-state index is 0.197. The first-order valence-electron chi connectivity index (χ1n) is 6.98. The molecule has 0 saturated carbocycles. The summed E-state index contributed by atoms with van der Waals surface area (Å²) in [5, 5.41) is 1.41. The second-order valence-corrected chi connectivity index (χ2v) is 6.13. The third kappa shape index (κ3) is 4.72. The molecule has 21 heavy (non-hydrogen) atoms. The molecule has 0 amide bonds. The van der Waals surface area contributed by atoms with Gasteiger partial charge in [0, 0.05) is 15.6 Å². The largest absolute Gasteiger partial charge is 0.363 e. The standard InChI is InChI=1S/C17H19Cl2NO/c1-20(2)10-11-21-17(13-6-5-7-14(18)12-13)15-8-3-4-9-16(15)19/h3-9,12,17H,10-11H2,1-2H3/p+1/t17-/m0/s1. The van der Waals surface area contributed by atoms with Gasteiger partial charge in [0.1, 0.15) is 12.6 Å². The number of quaternary nitrogens is 1. The Kier molecular flexibility index (Phi) is 6.07. The lowest BCUT2D eigenvalue weighted by molar-refractivity contribution is -0.858. The highest BCUT2D eigenvalue weighted by atomic mass is 35.5. The van der Waals surface area contributed by atoms with Gasteiger partial charge in [0.25, 0.3) is 0 Å². The Morgan fingerprint density at radius 3 is 2.48 bits per heavy atom. The summed E-state index contributed by atoms with van der Waals surface area (Å²) in [4.78, 5) is 1.35. The van der Waals surface area contributed by atoms with Crippen molar-refractivity contribution in [2.75, 3.05) is 27.2 Å². The van der Waals surface area contributed by atoms with Gasteiger partial charge in [0.2, 0.25) is 0 Å². The molecule has 1 N–H and O–H groups in total. The summed E-state index contributed by atoms with van der Waals surface area (Å²) in [6, 6.07) is 15.5. The molecule has 2 aromatic rings. The van der Waals surface area contributed by atoms with Crippen LogP contribution in [0.4, 0.5) is 0 Å². The molecule has 0 fully saturated rings. The van der Waals surface area contributed by atoms with Crippen molar-refractivity contribution in [3.63, 3.8) is 0 Å². The Morgan fingerprint density at radius 1 is 1.05 bits per heavy atom. The second kappa shape index (κ2) is 7.81. The Bertz CT molecular complexity index is 587. The zero-order chi connectivity index (χ0) is 15.2. The zero-order valence-electron chi connectivity index (χ0n) is 12.3. The Hall–Kier alpha value is -1.06. The first-order chi connectivity index (χ1) is 10.1. The summed E-state index contributed by atoms with van der Waals surface area (Å²) in [5.41, 5.74) is 1.99. The van der Waals surface area contributed by atoms with Crippen LogP contribution in [-0.4, -0.2) is 27.2 Å². The molecule has 0 aliphatic rings. The van der Waals surface area contributed by atoms with Crippen LogP contribution < -0.4 is 4.90 Å². The maximum Gasteiger partial charge on any atom is 0.109 e. The van der Waals surface area contributed by atoms with Gasteiger partial charge in [-0.05, 0) is 23.8 Å². The van der Waals surface area contributed by atoms with Gasteiger partial charge in [-0.15, -0.1) is 0 Å². The van der Waals surface area contributed by atoms with Crippen molar-refractivity contribution in [3.8, 4) is 0 Å². The molecular formula is C17H20Cl2NO+. The molecule has 0 spiro atoms. The van der Waals surface area contributed by atoms with Crippen LogP contribution in [0.15, 0.2) is 48.5 Å². The average molecular weight is 325 g/mol. The maximum atomic E-state index is 6.33. The van der Waals surface area contributed by atoms with Crippen LogP contribution in [0.3, 0.4) is 0 Å². The van der Waals surface area contributed by atoms with Gasteiger partial charge in [-0.1, -0.05) is 53.5 Å². The van der Waals surface area contributed by atoms with Crippen molar-refractivity contribution in [1.82, 2.24) is 0 Å². The summed E-state index contributed by atoms with van der Waals surface area (Å²) >= 11 is 12.4. The molecule has 0 unspecified atom stereocenters. The van der Waals surface area contributed by atoms with Gasteiger partial charge >= 0.3 is 0 Å². The number of ether oxygens (including phenoxy) is 1. The topological polar surface area (TPSA) is 13.7 Å². The van der Waals surface area contributed by atoms with Crippen LogP contribution in [0.1, 0.15) is 17.2 Å². The van der Waals surface area contributed by atoms with Crippen LogP contribution in [0, 0.1) is 0 Å². The number of likely N-dealkylation sites (N-methyl/N-ethyl adjacent to an activating group) is 1. The highest BCUT2D eigenvalue weighted by Crippen LogP contribution is 2.32. The van der Waals surface area contributed by atoms with Crippen molar-refractivity contribution >= 4 is 23.2 Å². The fourth-order valence-corrected chi connectivity index (χ4v) is 2.54. The Morgan fingerprint density at radius 2 is 1.81 bits per heavy atom. The summed E-state index contributed by atoms with van der Waals surface area (Å²) in [6.45, 7) is 1.59. The minimum Gasteiger partial charge on any atom is -0.363 e. The Balaban J connectivity index is 2.28. The van der Waals surface area contributed by atoms with Crippen molar-refractivity contribution in [2.45, 2.75) is 6.10 Å². The lowest BCUT2D eigenvalue weighted by Crippen LogP contribution is -3.06. The number of rotatable bonds is 6. The first-order valence-corrected chi connectivity index (χ1v) is 7.74. The molecule has 4 heteroatoms. The summed E-state index contributed by atoms with van der Waals surface area (Å²) in [6.07, 6.45) is -0.197. The predicted molar refractivity (Wildman–Crippen MR) is 88.4 cm³/mol. The van der Waals surface area contributed by atoms with E-state index in [1.807, 2.05) is 48.5 Å². The number of benzene rings is 2. The van der Waals surface area contributed by atoms with Gasteiger partial charge in [0.05, 0.1) is 20.7 Å². The van der Waals surface area contributed by atoms with Crippen LogP contribution >= 0.6 is 23.2 Å². The monoisotopic (exact) mass is 324 g/mol. The predicted octanol–water partition coefficient (Wildman–Crippen LogP) is 3.24. The molecule has 2 rings (SSSR count). The van der Waals surface area contributed by atoms with Crippen LogP contribution in [0.5, 0.6) is 0 Å². The van der Waals surface area contributed by atoms with E-state index in [1.165, 1.54) is 4.90 Å². The lowest BCUT2D eigenvalue weighted by Gasteiger charge is -2.20. The van der Waals surface area contributed by atoms with E-state index in [-0.39, 0.29) is 6.10 Å². The molecule has 2 nitrogen and oxygen atoms in total. The molecule has 0 radical (unpaired) electrons. The van der Waals surface area contributed by atoms with Gasteiger partial charge in [-0.3, -0.25) is 0 Å². The van der Waals surface area contributed by atoms with Gasteiger partial charge in [-0.2, -0.15) is 0 Å². The van der Waals surface area contributed by atoms with E-state index in [9.17, 15) is 0 Å². The second-order valence-electron chi connectivity index (χ2n) is 5.28. The summed E-state index contributed by atoms with van der Waals surface area (Å²) < 4.78 is 6.10. The third-order valence-corrected chi connectivity index (χ3v) is 3.80. The van der Waals surface area contributed by atoms with Crippen LogP contribution in [-0.2, 0) is 4.74 Å². The highest BCUT2D eigenvalue weighted by molar-refractivity contribution is 6.31. The number of nitrogens with one attached hydrogen (secondary N) is 1. The number of hydrogen-bond acceptors (Lipinski definition) is 1. The summed E-state index contributed by atoms with van der Waals surface area (Å²) in [5.74, 6) is 0. The molecule has 2 aromatic carbocycles. The third-order valence-electron chi connectivity index (χ3n) is 3.23. The molecule has 0 bridgehead atoms. The SMILES string of the molecule is C[NH+](C)CCO[C@@H](c1cccc(Cl)c1)c1ccccc1Cl. The van der Waals surface area contributed by atoms with Gasteiger partial charge < -0.3 is 9.64 Å². The summed E-state index contributed by atoms with van der Waals surface area (Å²) in [7, 11) is 4.21. The van der Waals surface area contributed by atoms with E-state index < -0.39 is 0 Å². The van der Waals surface area contributed by atoms with E-state index in [1.54, 1.807) is 0 Å². The van der Waals surface area contributed by atoms with Crippen LogP contribution in [0.25, 0.3) is 0 Å². The average Bonchev–Trinajstić information content (AvgIpc) is 2.44. The fraction of sp³-hybridized carbons (Fsp3) is 0.294. The minimum atomic E-state index is -0.197. The van der Waals surface area contributed by atoms with Gasteiger partial charge in [0.15, 0.2) is 0 Å². The molecule has 1 atom stereocenters. The van der Waals surface area contributed by atoms with E-state index in [0.717, 1.165) is 17.7 Å². The van der Waals surface area contributed by atoms with Crippen molar-refractivity contribution in [2.24, 2.45) is 0 Å². The molecule has 0 saturated heterocycles. The number of halogens is 2. The molecular weight excluding hydrogens is 305 g/mol. The van der Waals surface area contributed by atoms with E-state index in [4.69, 9.17) is 27.9 Å². The molecule has 0 heterocycles. The molecule has 0 aromatic heterocycles. The Labute approximate surface area is 136 Å². The van der Waals surface area contributed by atoms with Gasteiger partial charge in [-0.25, -0.2) is 0 Å².